The lowest BCUT2D eigenvalue weighted by Crippen LogP contribution is -2.58. The summed E-state index contributed by atoms with van der Waals surface area (Å²) in [6, 6.07) is 3.05. The van der Waals surface area contributed by atoms with Gasteiger partial charge in [-0.15, -0.1) is 0 Å². The van der Waals surface area contributed by atoms with Crippen molar-refractivity contribution in [3.63, 3.8) is 0 Å². The lowest BCUT2D eigenvalue weighted by molar-refractivity contribution is -0.169. The highest BCUT2D eigenvalue weighted by Crippen LogP contribution is 2.23. The predicted molar refractivity (Wildman–Crippen MR) is 107 cm³/mol. The molecule has 3 rings (SSSR count). The highest BCUT2D eigenvalue weighted by molar-refractivity contribution is 5.97. The summed E-state index contributed by atoms with van der Waals surface area (Å²) in [4.78, 5) is 38.5. The van der Waals surface area contributed by atoms with Crippen LogP contribution in [0.1, 0.15) is 39.7 Å². The average molecular weight is 454 g/mol. The number of hydrogen-bond acceptors (Lipinski definition) is 4. The van der Waals surface area contributed by atoms with Crippen molar-refractivity contribution in [3.05, 3.63) is 62.3 Å². The Hall–Kier alpha value is -3.24. The van der Waals surface area contributed by atoms with E-state index in [-0.39, 0.29) is 24.1 Å². The monoisotopic (exact) mass is 454 g/mol. The van der Waals surface area contributed by atoms with Crippen molar-refractivity contribution < 1.29 is 27.2 Å². The van der Waals surface area contributed by atoms with E-state index >= 15 is 0 Å². The molecule has 0 aliphatic carbocycles. The molecule has 0 saturated carbocycles. The number of rotatable bonds is 4. The number of carbonyl (C=O) groups is 2. The number of benzene rings is 1. The molecule has 1 aromatic carbocycles. The van der Waals surface area contributed by atoms with Crippen molar-refractivity contribution in [2.24, 2.45) is 0 Å². The highest BCUT2D eigenvalue weighted by Gasteiger charge is 2.40. The molecule has 1 aliphatic rings. The Labute approximate surface area is 181 Å². The van der Waals surface area contributed by atoms with Crippen molar-refractivity contribution >= 4 is 11.8 Å². The summed E-state index contributed by atoms with van der Waals surface area (Å²) in [7, 11) is 0. The van der Waals surface area contributed by atoms with Crippen molar-refractivity contribution in [3.8, 4) is 0 Å². The molecule has 2 amide bonds. The van der Waals surface area contributed by atoms with Gasteiger partial charge in [0.1, 0.15) is 18.9 Å². The van der Waals surface area contributed by atoms with Gasteiger partial charge in [0, 0.05) is 24.6 Å². The van der Waals surface area contributed by atoms with Crippen LogP contribution in [0.15, 0.2) is 23.0 Å². The molecule has 1 aromatic heterocycles. The van der Waals surface area contributed by atoms with Crippen LogP contribution in [-0.2, 0) is 11.2 Å². The van der Waals surface area contributed by atoms with Gasteiger partial charge in [-0.1, -0.05) is 6.07 Å². The summed E-state index contributed by atoms with van der Waals surface area (Å²) < 4.78 is 52.6. The summed E-state index contributed by atoms with van der Waals surface area (Å²) >= 11 is 0. The van der Waals surface area contributed by atoms with Gasteiger partial charge in [0.25, 0.3) is 11.5 Å². The van der Waals surface area contributed by atoms with Gasteiger partial charge >= 0.3 is 6.18 Å². The number of aromatic amines is 1. The molecule has 1 atom stereocenters. The first-order valence-corrected chi connectivity index (χ1v) is 9.86. The molecule has 1 saturated heterocycles. The number of hydrogen-bond donors (Lipinski definition) is 1. The van der Waals surface area contributed by atoms with E-state index in [1.54, 1.807) is 13.8 Å². The molecule has 1 unspecified atom stereocenters. The zero-order chi connectivity index (χ0) is 23.8. The molecule has 32 heavy (non-hydrogen) atoms. The van der Waals surface area contributed by atoms with Crippen molar-refractivity contribution in [2.75, 3.05) is 19.6 Å². The first-order chi connectivity index (χ1) is 14.9. The Kier molecular flexibility index (Phi) is 6.38. The van der Waals surface area contributed by atoms with Gasteiger partial charge in [-0.05, 0) is 44.0 Å². The van der Waals surface area contributed by atoms with E-state index in [1.165, 1.54) is 19.1 Å². The van der Waals surface area contributed by atoms with Gasteiger partial charge < -0.3 is 9.80 Å². The molecule has 7 nitrogen and oxygen atoms in total. The fraction of sp³-hybridized carbons (Fsp3) is 0.429. The maximum Gasteiger partial charge on any atom is 0.406 e. The van der Waals surface area contributed by atoms with Gasteiger partial charge in [0.15, 0.2) is 0 Å². The second-order valence-electron chi connectivity index (χ2n) is 7.91. The number of nitrogens with one attached hydrogen (secondary N) is 1. The fourth-order valence-electron chi connectivity index (χ4n) is 3.63. The number of halogens is 4. The molecular weight excluding hydrogens is 432 g/mol. The lowest BCUT2D eigenvalue weighted by atomic mass is 10.0. The third-order valence-corrected chi connectivity index (χ3v) is 5.56. The first kappa shape index (κ1) is 23.4. The smallest absolute Gasteiger partial charge is 0.328 e. The summed E-state index contributed by atoms with van der Waals surface area (Å²) in [6.07, 6.45) is -4.33. The Morgan fingerprint density at radius 2 is 1.91 bits per heavy atom. The molecule has 1 fully saturated rings. The molecule has 1 aliphatic heterocycles. The maximum absolute atomic E-state index is 14.4. The Balaban J connectivity index is 1.81. The van der Waals surface area contributed by atoms with Gasteiger partial charge in [-0.25, -0.2) is 9.49 Å². The van der Waals surface area contributed by atoms with Gasteiger partial charge in [0.2, 0.25) is 5.91 Å². The second-order valence-corrected chi connectivity index (χ2v) is 7.91. The summed E-state index contributed by atoms with van der Waals surface area (Å²) in [5.41, 5.74) is 1.67. The van der Waals surface area contributed by atoms with Gasteiger partial charge in [-0.3, -0.25) is 14.4 Å². The zero-order valence-corrected chi connectivity index (χ0v) is 17.7. The number of amides is 2. The zero-order valence-electron chi connectivity index (χ0n) is 17.7. The molecule has 0 radical (unpaired) electrons. The maximum atomic E-state index is 14.4. The number of nitrogens with zero attached hydrogens (tertiary/aromatic N) is 3. The molecule has 172 valence electrons. The molecule has 0 bridgehead atoms. The minimum Gasteiger partial charge on any atom is -0.328 e. The number of H-pyrrole nitrogens is 1. The van der Waals surface area contributed by atoms with Crippen LogP contribution >= 0.6 is 0 Å². The Morgan fingerprint density at radius 1 is 1.22 bits per heavy atom. The topological polar surface area (TPSA) is 86.4 Å². The third-order valence-electron chi connectivity index (χ3n) is 5.56. The minimum absolute atomic E-state index is 0.149. The van der Waals surface area contributed by atoms with Crippen LogP contribution < -0.4 is 5.56 Å². The van der Waals surface area contributed by atoms with Gasteiger partial charge in [-0.2, -0.15) is 18.3 Å². The van der Waals surface area contributed by atoms with E-state index in [2.05, 4.69) is 10.2 Å². The van der Waals surface area contributed by atoms with Gasteiger partial charge in [0.05, 0.1) is 11.3 Å². The van der Waals surface area contributed by atoms with Crippen LogP contribution in [0.2, 0.25) is 0 Å². The summed E-state index contributed by atoms with van der Waals surface area (Å²) in [5, 5.41) is 6.39. The first-order valence-electron chi connectivity index (χ1n) is 9.86. The molecule has 2 heterocycles. The SMILES string of the molecule is Cc1c(Cc2ccc(F)c(C(=O)N3CC(=O)N(CC(F)(F)F)C(C)C3)c2)n[nH]c(=O)c1C. The van der Waals surface area contributed by atoms with E-state index in [1.807, 2.05) is 0 Å². The quantitative estimate of drug-likeness (QED) is 0.719. The van der Waals surface area contributed by atoms with Crippen molar-refractivity contribution in [1.29, 1.82) is 0 Å². The van der Waals surface area contributed by atoms with E-state index in [4.69, 9.17) is 0 Å². The minimum atomic E-state index is -4.55. The van der Waals surface area contributed by atoms with Crippen molar-refractivity contribution in [2.45, 2.75) is 39.4 Å². The van der Waals surface area contributed by atoms with E-state index < -0.39 is 42.9 Å². The van der Waals surface area contributed by atoms with E-state index in [0.717, 1.165) is 11.0 Å². The van der Waals surface area contributed by atoms with E-state index in [0.29, 0.717) is 27.3 Å². The van der Waals surface area contributed by atoms with Crippen LogP contribution in [0.5, 0.6) is 0 Å². The number of alkyl halides is 3. The molecular formula is C21H22F4N4O3. The lowest BCUT2D eigenvalue weighted by Gasteiger charge is -2.39. The largest absolute Gasteiger partial charge is 0.406 e. The van der Waals surface area contributed by atoms with Crippen LogP contribution in [0.25, 0.3) is 0 Å². The summed E-state index contributed by atoms with van der Waals surface area (Å²) in [5.74, 6) is -2.44. The molecule has 11 heteroatoms. The number of carbonyl (C=O) groups excluding carboxylic acids is 2. The second kappa shape index (κ2) is 8.71. The molecule has 1 N–H and O–H groups in total. The number of aromatic nitrogens is 2. The highest BCUT2D eigenvalue weighted by atomic mass is 19.4. The number of piperazine rings is 1. The molecule has 0 spiro atoms. The summed E-state index contributed by atoms with van der Waals surface area (Å²) in [6.45, 7) is 2.67. The molecule has 2 aromatic rings. The Morgan fingerprint density at radius 3 is 2.53 bits per heavy atom. The van der Waals surface area contributed by atoms with Crippen LogP contribution in [0.4, 0.5) is 17.6 Å². The van der Waals surface area contributed by atoms with Crippen LogP contribution in [-0.4, -0.2) is 63.7 Å². The van der Waals surface area contributed by atoms with Crippen molar-refractivity contribution in [1.82, 2.24) is 20.0 Å². The normalized spacial score (nSPS) is 17.1. The Bertz CT molecular complexity index is 1110. The predicted octanol–water partition coefficient (Wildman–Crippen LogP) is 2.35. The standard InChI is InChI=1S/C21H22F4N4O3/c1-11-8-28(9-18(30)29(11)10-21(23,24)25)20(32)15-6-14(4-5-16(15)22)7-17-12(2)13(3)19(31)27-26-17/h4-6,11H,7-10H2,1-3H3,(H,27,31). The average Bonchev–Trinajstić information content (AvgIpc) is 2.71. The van der Waals surface area contributed by atoms with Crippen LogP contribution in [0, 0.1) is 19.7 Å². The van der Waals surface area contributed by atoms with Crippen LogP contribution in [0.3, 0.4) is 0 Å². The van der Waals surface area contributed by atoms with E-state index in [9.17, 15) is 31.9 Å². The third kappa shape index (κ3) is 4.97. The fourth-order valence-corrected chi connectivity index (χ4v) is 3.63.